The number of halogens is 1. The van der Waals surface area contributed by atoms with Crippen LogP contribution in [0.15, 0.2) is 52.1 Å². The topological polar surface area (TPSA) is 59.1 Å². The van der Waals surface area contributed by atoms with Gasteiger partial charge in [0.2, 0.25) is 0 Å². The third-order valence-electron chi connectivity index (χ3n) is 2.30. The number of aryl methyl sites for hydroxylation is 1. The Labute approximate surface area is 114 Å². The van der Waals surface area contributed by atoms with Crippen LogP contribution in [0.3, 0.4) is 0 Å². The number of aromatic nitrogens is 1. The molecule has 1 heterocycles. The van der Waals surface area contributed by atoms with Gasteiger partial charge in [-0.25, -0.2) is 13.4 Å². The highest BCUT2D eigenvalue weighted by Gasteiger charge is 2.15. The highest BCUT2D eigenvalue weighted by molar-refractivity contribution is 9.10. The number of benzene rings is 1. The van der Waals surface area contributed by atoms with Gasteiger partial charge in [0.1, 0.15) is 4.60 Å². The number of anilines is 1. The molecule has 0 aliphatic heterocycles. The molecule has 2 aromatic rings. The van der Waals surface area contributed by atoms with E-state index in [1.807, 2.05) is 13.0 Å². The molecule has 18 heavy (non-hydrogen) atoms. The highest BCUT2D eigenvalue weighted by Crippen LogP contribution is 2.22. The molecule has 2 rings (SSSR count). The van der Waals surface area contributed by atoms with Gasteiger partial charge in [-0.3, -0.25) is 4.72 Å². The average molecular weight is 327 g/mol. The molecule has 1 aromatic heterocycles. The Hall–Kier alpha value is -1.40. The van der Waals surface area contributed by atoms with Crippen molar-refractivity contribution in [2.75, 3.05) is 4.72 Å². The zero-order valence-corrected chi connectivity index (χ0v) is 12.0. The van der Waals surface area contributed by atoms with Crippen LogP contribution in [0.2, 0.25) is 0 Å². The van der Waals surface area contributed by atoms with Crippen molar-refractivity contribution in [2.45, 2.75) is 11.8 Å². The fourth-order valence-corrected chi connectivity index (χ4v) is 3.10. The van der Waals surface area contributed by atoms with Crippen molar-refractivity contribution in [3.63, 3.8) is 0 Å². The minimum absolute atomic E-state index is 0.234. The van der Waals surface area contributed by atoms with Crippen LogP contribution >= 0.6 is 15.9 Å². The van der Waals surface area contributed by atoms with Crippen LogP contribution in [0, 0.1) is 6.92 Å². The first-order chi connectivity index (χ1) is 8.49. The molecule has 94 valence electrons. The van der Waals surface area contributed by atoms with E-state index in [-0.39, 0.29) is 4.90 Å². The van der Waals surface area contributed by atoms with Crippen LogP contribution in [-0.2, 0) is 10.0 Å². The number of rotatable bonds is 3. The van der Waals surface area contributed by atoms with Crippen LogP contribution in [0.25, 0.3) is 0 Å². The summed E-state index contributed by atoms with van der Waals surface area (Å²) in [6.07, 6.45) is 1.58. The standard InChI is InChI=1S/C12H11BrN2O2S/c1-9-4-2-5-10(8-9)18(16,17)15-11-6-3-7-14-12(11)13/h2-8,15H,1H3. The molecule has 1 aromatic carbocycles. The van der Waals surface area contributed by atoms with Gasteiger partial charge in [0, 0.05) is 6.20 Å². The number of pyridine rings is 1. The molecule has 0 amide bonds. The first-order valence-electron chi connectivity index (χ1n) is 5.19. The van der Waals surface area contributed by atoms with Crippen LogP contribution in [0.1, 0.15) is 5.56 Å². The van der Waals surface area contributed by atoms with E-state index < -0.39 is 10.0 Å². The molecule has 4 nitrogen and oxygen atoms in total. The van der Waals surface area contributed by atoms with Gasteiger partial charge in [0.05, 0.1) is 10.6 Å². The Kier molecular flexibility index (Phi) is 3.68. The van der Waals surface area contributed by atoms with Crippen molar-refractivity contribution >= 4 is 31.6 Å². The number of hydrogen-bond donors (Lipinski definition) is 1. The first-order valence-corrected chi connectivity index (χ1v) is 7.47. The van der Waals surface area contributed by atoms with E-state index >= 15 is 0 Å². The average Bonchev–Trinajstić information content (AvgIpc) is 2.32. The van der Waals surface area contributed by atoms with Gasteiger partial charge in [-0.15, -0.1) is 0 Å². The predicted octanol–water partition coefficient (Wildman–Crippen LogP) is 2.95. The molecule has 0 aliphatic rings. The Balaban J connectivity index is 2.37. The van der Waals surface area contributed by atoms with E-state index in [0.29, 0.717) is 10.3 Å². The maximum Gasteiger partial charge on any atom is 0.261 e. The molecular formula is C12H11BrN2O2S. The molecular weight excluding hydrogens is 316 g/mol. The highest BCUT2D eigenvalue weighted by atomic mass is 79.9. The predicted molar refractivity (Wildman–Crippen MR) is 73.9 cm³/mol. The summed E-state index contributed by atoms with van der Waals surface area (Å²) >= 11 is 3.20. The Morgan fingerprint density at radius 1 is 1.22 bits per heavy atom. The van der Waals surface area contributed by atoms with Crippen molar-refractivity contribution in [2.24, 2.45) is 0 Å². The Morgan fingerprint density at radius 2 is 2.00 bits per heavy atom. The second-order valence-corrected chi connectivity index (χ2v) is 6.20. The van der Waals surface area contributed by atoms with Crippen LogP contribution in [0.5, 0.6) is 0 Å². The zero-order valence-electron chi connectivity index (χ0n) is 9.59. The van der Waals surface area contributed by atoms with Gasteiger partial charge in [0.25, 0.3) is 10.0 Å². The number of sulfonamides is 1. The van der Waals surface area contributed by atoms with Gasteiger partial charge in [-0.2, -0.15) is 0 Å². The Bertz CT molecular complexity index is 671. The first kappa shape index (κ1) is 13.0. The second-order valence-electron chi connectivity index (χ2n) is 3.76. The van der Waals surface area contributed by atoms with E-state index in [4.69, 9.17) is 0 Å². The molecule has 0 bridgehead atoms. The molecule has 0 spiro atoms. The Morgan fingerprint density at radius 3 is 2.67 bits per heavy atom. The fourth-order valence-electron chi connectivity index (χ4n) is 1.45. The number of nitrogens with zero attached hydrogens (tertiary/aromatic N) is 1. The minimum Gasteiger partial charge on any atom is -0.277 e. The monoisotopic (exact) mass is 326 g/mol. The SMILES string of the molecule is Cc1cccc(S(=O)(=O)Nc2cccnc2Br)c1. The van der Waals surface area contributed by atoms with Crippen LogP contribution in [-0.4, -0.2) is 13.4 Å². The van der Waals surface area contributed by atoms with Gasteiger partial charge in [0.15, 0.2) is 0 Å². The largest absolute Gasteiger partial charge is 0.277 e. The van der Waals surface area contributed by atoms with E-state index in [0.717, 1.165) is 5.56 Å². The fraction of sp³-hybridized carbons (Fsp3) is 0.0833. The van der Waals surface area contributed by atoms with Crippen molar-refractivity contribution in [3.8, 4) is 0 Å². The summed E-state index contributed by atoms with van der Waals surface area (Å²) in [6, 6.07) is 10.0. The van der Waals surface area contributed by atoms with Crippen molar-refractivity contribution in [1.29, 1.82) is 0 Å². The summed E-state index contributed by atoms with van der Waals surface area (Å²) in [5, 5.41) is 0. The van der Waals surface area contributed by atoms with Gasteiger partial charge < -0.3 is 0 Å². The third kappa shape index (κ3) is 2.88. The zero-order chi connectivity index (χ0) is 13.2. The summed E-state index contributed by atoms with van der Waals surface area (Å²) in [5.74, 6) is 0. The molecule has 0 unspecified atom stereocenters. The normalized spacial score (nSPS) is 11.2. The summed E-state index contributed by atoms with van der Waals surface area (Å²) in [5.41, 5.74) is 1.31. The third-order valence-corrected chi connectivity index (χ3v) is 4.30. The molecule has 0 radical (unpaired) electrons. The lowest BCUT2D eigenvalue weighted by atomic mass is 10.2. The smallest absolute Gasteiger partial charge is 0.261 e. The maximum atomic E-state index is 12.1. The maximum absolute atomic E-state index is 12.1. The van der Waals surface area contributed by atoms with E-state index in [1.54, 1.807) is 36.5 Å². The summed E-state index contributed by atoms with van der Waals surface area (Å²) < 4.78 is 27.2. The molecule has 0 aliphatic carbocycles. The minimum atomic E-state index is -3.58. The van der Waals surface area contributed by atoms with Gasteiger partial charge >= 0.3 is 0 Å². The van der Waals surface area contributed by atoms with Crippen LogP contribution < -0.4 is 4.72 Å². The summed E-state index contributed by atoms with van der Waals surface area (Å²) in [6.45, 7) is 1.85. The second kappa shape index (κ2) is 5.07. The number of hydrogen-bond acceptors (Lipinski definition) is 3. The lowest BCUT2D eigenvalue weighted by molar-refractivity contribution is 0.601. The van der Waals surface area contributed by atoms with Crippen molar-refractivity contribution < 1.29 is 8.42 Å². The summed E-state index contributed by atoms with van der Waals surface area (Å²) in [4.78, 5) is 4.20. The van der Waals surface area contributed by atoms with E-state index in [1.165, 1.54) is 0 Å². The number of nitrogens with one attached hydrogen (secondary N) is 1. The molecule has 6 heteroatoms. The van der Waals surface area contributed by atoms with Gasteiger partial charge in [-0.05, 0) is 52.7 Å². The van der Waals surface area contributed by atoms with Crippen molar-refractivity contribution in [3.05, 3.63) is 52.8 Å². The van der Waals surface area contributed by atoms with E-state index in [9.17, 15) is 8.42 Å². The molecule has 0 saturated heterocycles. The summed E-state index contributed by atoms with van der Waals surface area (Å²) in [7, 11) is -3.58. The lowest BCUT2D eigenvalue weighted by Gasteiger charge is -2.09. The van der Waals surface area contributed by atoms with Gasteiger partial charge in [-0.1, -0.05) is 12.1 Å². The molecule has 0 atom stereocenters. The lowest BCUT2D eigenvalue weighted by Crippen LogP contribution is -2.13. The quantitative estimate of drug-likeness (QED) is 0.882. The van der Waals surface area contributed by atoms with E-state index in [2.05, 4.69) is 25.6 Å². The van der Waals surface area contributed by atoms with Crippen molar-refractivity contribution in [1.82, 2.24) is 4.98 Å². The molecule has 0 saturated carbocycles. The van der Waals surface area contributed by atoms with Crippen LogP contribution in [0.4, 0.5) is 5.69 Å². The molecule has 0 fully saturated rings. The molecule has 1 N–H and O–H groups in total.